The number of hydrogen-bond acceptors (Lipinski definition) is 0. The van der Waals surface area contributed by atoms with Gasteiger partial charge in [0.15, 0.2) is 6.20 Å². The summed E-state index contributed by atoms with van der Waals surface area (Å²) in [6.07, 6.45) is 3.31. The lowest BCUT2D eigenvalue weighted by Gasteiger charge is -2.14. The summed E-state index contributed by atoms with van der Waals surface area (Å²) >= 11 is 0. The molecule has 0 fully saturated rings. The molecule has 0 atom stereocenters. The number of benzene rings is 2. The van der Waals surface area contributed by atoms with E-state index in [9.17, 15) is 0 Å². The van der Waals surface area contributed by atoms with Crippen molar-refractivity contribution in [2.45, 2.75) is 53.9 Å². The first-order valence-corrected chi connectivity index (χ1v) is 10.0. The summed E-state index contributed by atoms with van der Waals surface area (Å²) < 4.78 is 2.30. The van der Waals surface area contributed by atoms with Crippen molar-refractivity contribution in [3.63, 3.8) is 0 Å². The van der Waals surface area contributed by atoms with Crippen LogP contribution in [0, 0.1) is 27.7 Å². The van der Waals surface area contributed by atoms with E-state index in [4.69, 9.17) is 0 Å². The zero-order valence-corrected chi connectivity index (χ0v) is 17.7. The number of fused-ring (bicyclic) bond motifs is 3. The predicted octanol–water partition coefficient (Wildman–Crippen LogP) is 6.11. The highest BCUT2D eigenvalue weighted by Gasteiger charge is 2.29. The molecule has 0 aliphatic heterocycles. The molecule has 0 amide bonds. The van der Waals surface area contributed by atoms with Crippen LogP contribution in [0.4, 0.5) is 0 Å². The SMILES string of the molecule is Cc1cc(-c2c(C)cc(C)c3c2Cc2c-3cccc2C(C)C)[n+](C)cc1C. The van der Waals surface area contributed by atoms with E-state index in [-0.39, 0.29) is 0 Å². The third kappa shape index (κ3) is 2.72. The first-order valence-electron chi connectivity index (χ1n) is 10.0. The van der Waals surface area contributed by atoms with Crippen molar-refractivity contribution in [1.29, 1.82) is 0 Å². The zero-order chi connectivity index (χ0) is 19.5. The minimum atomic E-state index is 0.553. The molecule has 2 aromatic carbocycles. The highest BCUT2D eigenvalue weighted by molar-refractivity contribution is 5.87. The second-order valence-corrected chi connectivity index (χ2v) is 8.58. The van der Waals surface area contributed by atoms with Gasteiger partial charge in [0.05, 0.1) is 5.56 Å². The van der Waals surface area contributed by atoms with Crippen molar-refractivity contribution in [1.82, 2.24) is 0 Å². The summed E-state index contributed by atoms with van der Waals surface area (Å²) in [6, 6.07) is 11.6. The zero-order valence-electron chi connectivity index (χ0n) is 17.7. The van der Waals surface area contributed by atoms with E-state index in [2.05, 4.69) is 89.7 Å². The quantitative estimate of drug-likeness (QED) is 0.382. The second-order valence-electron chi connectivity index (χ2n) is 8.58. The van der Waals surface area contributed by atoms with E-state index >= 15 is 0 Å². The lowest BCUT2D eigenvalue weighted by molar-refractivity contribution is -0.660. The molecule has 1 aliphatic carbocycles. The smallest absolute Gasteiger partial charge is 0.201 e. The number of hydrogen-bond donors (Lipinski definition) is 0. The summed E-state index contributed by atoms with van der Waals surface area (Å²) in [4.78, 5) is 0. The molecule has 1 aliphatic rings. The molecule has 0 bridgehead atoms. The Bertz CT molecular complexity index is 1070. The molecule has 0 spiro atoms. The van der Waals surface area contributed by atoms with Gasteiger partial charge in [-0.05, 0) is 84.5 Å². The van der Waals surface area contributed by atoms with Gasteiger partial charge in [0.2, 0.25) is 5.69 Å². The van der Waals surface area contributed by atoms with Crippen LogP contribution in [0.2, 0.25) is 0 Å². The van der Waals surface area contributed by atoms with Gasteiger partial charge in [-0.25, -0.2) is 4.57 Å². The molecule has 138 valence electrons. The number of rotatable bonds is 2. The summed E-state index contributed by atoms with van der Waals surface area (Å²) in [5.74, 6) is 0.553. The number of pyridine rings is 1. The number of aryl methyl sites for hydroxylation is 5. The maximum absolute atomic E-state index is 2.38. The van der Waals surface area contributed by atoms with Gasteiger partial charge in [0.1, 0.15) is 7.05 Å². The van der Waals surface area contributed by atoms with Crippen LogP contribution in [0.1, 0.15) is 58.7 Å². The van der Waals surface area contributed by atoms with Gasteiger partial charge in [0, 0.05) is 11.6 Å². The molecule has 0 saturated heterocycles. The van der Waals surface area contributed by atoms with Crippen molar-refractivity contribution in [3.05, 3.63) is 75.5 Å². The number of nitrogens with zero attached hydrogens (tertiary/aromatic N) is 1. The topological polar surface area (TPSA) is 3.88 Å². The van der Waals surface area contributed by atoms with Crippen LogP contribution in [-0.4, -0.2) is 0 Å². The van der Waals surface area contributed by atoms with E-state index in [0.29, 0.717) is 5.92 Å². The average Bonchev–Trinajstić information content (AvgIpc) is 2.98. The Morgan fingerprint density at radius 2 is 1.52 bits per heavy atom. The predicted molar refractivity (Wildman–Crippen MR) is 114 cm³/mol. The molecule has 1 heterocycles. The summed E-state index contributed by atoms with van der Waals surface area (Å²) in [5, 5.41) is 0. The fourth-order valence-electron chi connectivity index (χ4n) is 4.86. The molecule has 0 saturated carbocycles. The largest absolute Gasteiger partial charge is 0.213 e. The Morgan fingerprint density at radius 3 is 2.22 bits per heavy atom. The van der Waals surface area contributed by atoms with Gasteiger partial charge >= 0.3 is 0 Å². The van der Waals surface area contributed by atoms with E-state index in [0.717, 1.165) is 6.42 Å². The van der Waals surface area contributed by atoms with Gasteiger partial charge in [0.25, 0.3) is 0 Å². The van der Waals surface area contributed by atoms with Gasteiger partial charge < -0.3 is 0 Å². The maximum Gasteiger partial charge on any atom is 0.213 e. The number of aromatic nitrogens is 1. The third-order valence-corrected chi connectivity index (χ3v) is 6.28. The van der Waals surface area contributed by atoms with Crippen molar-refractivity contribution in [3.8, 4) is 22.4 Å². The minimum absolute atomic E-state index is 0.553. The van der Waals surface area contributed by atoms with Crippen LogP contribution in [0.15, 0.2) is 36.5 Å². The van der Waals surface area contributed by atoms with Crippen molar-refractivity contribution >= 4 is 0 Å². The molecule has 0 N–H and O–H groups in total. The normalized spacial score (nSPS) is 12.4. The minimum Gasteiger partial charge on any atom is -0.201 e. The standard InChI is InChI=1S/C26H30N/c1-15(2)20-9-8-10-21-22(20)13-23-25(21)17(4)11-18(5)26(23)24-12-16(3)19(6)14-27(24)7/h8-12,14-15H,13H2,1-7H3/q+1. The highest BCUT2D eigenvalue weighted by Crippen LogP contribution is 2.46. The molecule has 27 heavy (non-hydrogen) atoms. The third-order valence-electron chi connectivity index (χ3n) is 6.28. The van der Waals surface area contributed by atoms with Gasteiger partial charge in [-0.15, -0.1) is 0 Å². The second kappa shape index (κ2) is 6.34. The maximum atomic E-state index is 2.38. The Balaban J connectivity index is 2.03. The summed E-state index contributed by atoms with van der Waals surface area (Å²) in [7, 11) is 2.18. The Labute approximate surface area is 163 Å². The molecular formula is C26H30N+. The Hall–Kier alpha value is -2.41. The van der Waals surface area contributed by atoms with Crippen molar-refractivity contribution in [2.75, 3.05) is 0 Å². The van der Waals surface area contributed by atoms with Crippen molar-refractivity contribution < 1.29 is 4.57 Å². The van der Waals surface area contributed by atoms with E-state index in [1.807, 2.05) is 0 Å². The summed E-state index contributed by atoms with van der Waals surface area (Å²) in [5.41, 5.74) is 15.7. The van der Waals surface area contributed by atoms with Crippen LogP contribution in [-0.2, 0) is 13.5 Å². The lowest BCUT2D eigenvalue weighted by Crippen LogP contribution is -2.32. The monoisotopic (exact) mass is 356 g/mol. The van der Waals surface area contributed by atoms with Crippen LogP contribution in [0.3, 0.4) is 0 Å². The lowest BCUT2D eigenvalue weighted by atomic mass is 9.90. The van der Waals surface area contributed by atoms with Gasteiger partial charge in [-0.3, -0.25) is 0 Å². The van der Waals surface area contributed by atoms with Crippen LogP contribution in [0.25, 0.3) is 22.4 Å². The van der Waals surface area contributed by atoms with Gasteiger partial charge in [-0.1, -0.05) is 38.1 Å². The molecule has 0 radical (unpaired) electrons. The molecule has 1 nitrogen and oxygen atoms in total. The first-order chi connectivity index (χ1) is 12.8. The fourth-order valence-corrected chi connectivity index (χ4v) is 4.86. The first kappa shape index (κ1) is 18.0. The van der Waals surface area contributed by atoms with Crippen LogP contribution in [0.5, 0.6) is 0 Å². The molecule has 1 aromatic heterocycles. The highest BCUT2D eigenvalue weighted by atomic mass is 14.9. The molecule has 1 heteroatoms. The van der Waals surface area contributed by atoms with Crippen LogP contribution < -0.4 is 4.57 Å². The average molecular weight is 357 g/mol. The fraction of sp³-hybridized carbons (Fsp3) is 0.346. The van der Waals surface area contributed by atoms with Crippen molar-refractivity contribution in [2.24, 2.45) is 7.05 Å². The Kier molecular flexibility index (Phi) is 4.22. The Morgan fingerprint density at radius 1 is 0.815 bits per heavy atom. The molecular weight excluding hydrogens is 326 g/mol. The van der Waals surface area contributed by atoms with E-state index < -0.39 is 0 Å². The van der Waals surface area contributed by atoms with E-state index in [1.165, 1.54) is 61.3 Å². The molecule has 3 aromatic rings. The summed E-state index contributed by atoms with van der Waals surface area (Å²) in [6.45, 7) is 13.6. The van der Waals surface area contributed by atoms with Crippen LogP contribution >= 0.6 is 0 Å². The van der Waals surface area contributed by atoms with E-state index in [1.54, 1.807) is 0 Å². The molecule has 4 rings (SSSR count). The molecule has 0 unspecified atom stereocenters. The van der Waals surface area contributed by atoms with Gasteiger partial charge in [-0.2, -0.15) is 0 Å².